The van der Waals surface area contributed by atoms with Crippen LogP contribution in [0.4, 0.5) is 0 Å². The van der Waals surface area contributed by atoms with Gasteiger partial charge in [-0.1, -0.05) is 35.5 Å². The lowest BCUT2D eigenvalue weighted by molar-refractivity contribution is 0.358. The van der Waals surface area contributed by atoms with Crippen molar-refractivity contribution in [1.29, 1.82) is 0 Å². The van der Waals surface area contributed by atoms with Gasteiger partial charge in [0.05, 0.1) is 17.3 Å². The lowest BCUT2D eigenvalue weighted by atomic mass is 10.0. The van der Waals surface area contributed by atoms with Gasteiger partial charge < -0.3 is 9.84 Å². The van der Waals surface area contributed by atoms with Crippen molar-refractivity contribution in [3.63, 3.8) is 0 Å². The van der Waals surface area contributed by atoms with Gasteiger partial charge in [0.15, 0.2) is 0 Å². The van der Waals surface area contributed by atoms with E-state index in [2.05, 4.69) is 15.4 Å². The van der Waals surface area contributed by atoms with Gasteiger partial charge in [-0.2, -0.15) is 0 Å². The van der Waals surface area contributed by atoms with Crippen LogP contribution in [-0.2, 0) is 0 Å². The average Bonchev–Trinajstić information content (AvgIpc) is 2.96. The molecule has 1 heterocycles. The van der Waals surface area contributed by atoms with Crippen LogP contribution in [0.5, 0.6) is 5.75 Å². The molecular weight excluding hydrogens is 254 g/mol. The number of nitrogens with zero attached hydrogens (tertiary/aromatic N) is 2. The van der Waals surface area contributed by atoms with Gasteiger partial charge in [0.1, 0.15) is 17.9 Å². The molecule has 0 amide bonds. The van der Waals surface area contributed by atoms with Crippen molar-refractivity contribution in [2.75, 3.05) is 6.61 Å². The lowest BCUT2D eigenvalue weighted by Crippen LogP contribution is -1.96. The number of aliphatic hydroxyl groups is 1. The molecule has 100 valence electrons. The first kappa shape index (κ1) is 12.2. The predicted molar refractivity (Wildman–Crippen MR) is 76.6 cm³/mol. The topological polar surface area (TPSA) is 71.0 Å². The molecule has 0 spiro atoms. The smallest absolute Gasteiger partial charge is 0.130 e. The van der Waals surface area contributed by atoms with E-state index in [0.717, 1.165) is 28.4 Å². The lowest BCUT2D eigenvalue weighted by Gasteiger charge is -2.10. The van der Waals surface area contributed by atoms with Crippen LogP contribution in [0, 0.1) is 0 Å². The van der Waals surface area contributed by atoms with Crippen LogP contribution in [-0.4, -0.2) is 27.1 Å². The van der Waals surface area contributed by atoms with E-state index in [-0.39, 0.29) is 0 Å². The number of rotatable bonds is 4. The number of aromatic amines is 1. The Hall–Kier alpha value is -2.82. The third-order valence-electron chi connectivity index (χ3n) is 2.96. The summed E-state index contributed by atoms with van der Waals surface area (Å²) >= 11 is 0. The van der Waals surface area contributed by atoms with Crippen molar-refractivity contribution in [3.8, 4) is 16.9 Å². The van der Waals surface area contributed by atoms with E-state index in [1.54, 1.807) is 0 Å². The van der Waals surface area contributed by atoms with Crippen molar-refractivity contribution in [2.24, 2.45) is 0 Å². The number of benzene rings is 2. The van der Waals surface area contributed by atoms with Crippen LogP contribution in [0.15, 0.2) is 54.8 Å². The minimum Gasteiger partial charge on any atom is -0.516 e. The Bertz CT molecular complexity index is 735. The highest BCUT2D eigenvalue weighted by Gasteiger charge is 2.13. The highest BCUT2D eigenvalue weighted by molar-refractivity contribution is 5.94. The number of ether oxygens (including phenoxy) is 1. The number of hydrogen-bond donors (Lipinski definition) is 2. The average molecular weight is 267 g/mol. The second kappa shape index (κ2) is 5.44. The summed E-state index contributed by atoms with van der Waals surface area (Å²) < 4.78 is 5.68. The van der Waals surface area contributed by atoms with Crippen molar-refractivity contribution < 1.29 is 9.84 Å². The highest BCUT2D eigenvalue weighted by Crippen LogP contribution is 2.35. The molecule has 0 unspecified atom stereocenters. The molecule has 0 atom stereocenters. The Labute approximate surface area is 115 Å². The third-order valence-corrected chi connectivity index (χ3v) is 2.96. The normalized spacial score (nSPS) is 11.2. The SMILES string of the molecule is OC=CCOc1ccc2[nH]nnc2c1-c1ccccc1. The Kier molecular flexibility index (Phi) is 3.33. The molecule has 0 saturated carbocycles. The molecule has 0 aliphatic heterocycles. The van der Waals surface area contributed by atoms with E-state index >= 15 is 0 Å². The molecule has 5 nitrogen and oxygen atoms in total. The molecule has 5 heteroatoms. The third kappa shape index (κ3) is 2.21. The van der Waals surface area contributed by atoms with Crippen LogP contribution in [0.1, 0.15) is 0 Å². The van der Waals surface area contributed by atoms with E-state index in [0.29, 0.717) is 12.4 Å². The molecular formula is C15H13N3O2. The summed E-state index contributed by atoms with van der Waals surface area (Å²) in [6.07, 6.45) is 2.50. The van der Waals surface area contributed by atoms with Gasteiger partial charge in [0.25, 0.3) is 0 Å². The van der Waals surface area contributed by atoms with E-state index in [1.165, 1.54) is 6.08 Å². The van der Waals surface area contributed by atoms with Gasteiger partial charge in [0.2, 0.25) is 0 Å². The zero-order valence-corrected chi connectivity index (χ0v) is 10.7. The standard InChI is InChI=1S/C15H13N3O2/c19-9-4-10-20-13-8-7-12-15(17-18-16-12)14(13)11-5-2-1-3-6-11/h1-9,19H,10H2,(H,16,17,18). The summed E-state index contributed by atoms with van der Waals surface area (Å²) in [5, 5.41) is 19.5. The summed E-state index contributed by atoms with van der Waals surface area (Å²) in [7, 11) is 0. The van der Waals surface area contributed by atoms with Crippen LogP contribution in [0.2, 0.25) is 0 Å². The first-order chi connectivity index (χ1) is 9.90. The fourth-order valence-corrected chi connectivity index (χ4v) is 2.08. The number of fused-ring (bicyclic) bond motifs is 1. The summed E-state index contributed by atoms with van der Waals surface area (Å²) in [5.41, 5.74) is 3.52. The van der Waals surface area contributed by atoms with Gasteiger partial charge in [-0.3, -0.25) is 5.10 Å². The molecule has 0 radical (unpaired) electrons. The second-order valence-electron chi connectivity index (χ2n) is 4.21. The van der Waals surface area contributed by atoms with Gasteiger partial charge >= 0.3 is 0 Å². The molecule has 3 aromatic rings. The van der Waals surface area contributed by atoms with Gasteiger partial charge in [-0.15, -0.1) is 5.10 Å². The quantitative estimate of drug-likeness (QED) is 0.713. The molecule has 0 aliphatic rings. The Balaban J connectivity index is 2.14. The maximum absolute atomic E-state index is 8.68. The molecule has 0 saturated heterocycles. The van der Waals surface area contributed by atoms with Crippen molar-refractivity contribution >= 4 is 11.0 Å². The Morgan fingerprint density at radius 3 is 2.80 bits per heavy atom. The van der Waals surface area contributed by atoms with Crippen LogP contribution in [0.25, 0.3) is 22.2 Å². The predicted octanol–water partition coefficient (Wildman–Crippen LogP) is 3.08. The first-order valence-corrected chi connectivity index (χ1v) is 6.21. The number of hydrogen-bond acceptors (Lipinski definition) is 4. The van der Waals surface area contributed by atoms with Crippen LogP contribution < -0.4 is 4.74 Å². The minimum absolute atomic E-state index is 0.291. The van der Waals surface area contributed by atoms with Gasteiger partial charge in [-0.25, -0.2) is 0 Å². The molecule has 1 aromatic heterocycles. The summed E-state index contributed by atoms with van der Waals surface area (Å²) in [4.78, 5) is 0. The first-order valence-electron chi connectivity index (χ1n) is 6.21. The molecule has 20 heavy (non-hydrogen) atoms. The Morgan fingerprint density at radius 2 is 2.00 bits per heavy atom. The molecule has 2 aromatic carbocycles. The zero-order chi connectivity index (χ0) is 13.8. The Morgan fingerprint density at radius 1 is 1.15 bits per heavy atom. The van der Waals surface area contributed by atoms with E-state index < -0.39 is 0 Å². The van der Waals surface area contributed by atoms with Crippen molar-refractivity contribution in [2.45, 2.75) is 0 Å². The molecule has 3 rings (SSSR count). The maximum atomic E-state index is 8.68. The molecule has 0 fully saturated rings. The van der Waals surface area contributed by atoms with E-state index in [9.17, 15) is 0 Å². The van der Waals surface area contributed by atoms with E-state index in [4.69, 9.17) is 9.84 Å². The minimum atomic E-state index is 0.291. The molecule has 2 N–H and O–H groups in total. The number of nitrogens with one attached hydrogen (secondary N) is 1. The second-order valence-corrected chi connectivity index (χ2v) is 4.21. The highest BCUT2D eigenvalue weighted by atomic mass is 16.5. The number of H-pyrrole nitrogens is 1. The zero-order valence-electron chi connectivity index (χ0n) is 10.7. The monoisotopic (exact) mass is 267 g/mol. The van der Waals surface area contributed by atoms with Gasteiger partial charge in [-0.05, 0) is 23.8 Å². The van der Waals surface area contributed by atoms with Crippen LogP contribution in [0.3, 0.4) is 0 Å². The fraction of sp³-hybridized carbons (Fsp3) is 0.0667. The number of aliphatic hydroxyl groups excluding tert-OH is 1. The van der Waals surface area contributed by atoms with Gasteiger partial charge in [0, 0.05) is 0 Å². The van der Waals surface area contributed by atoms with Crippen LogP contribution >= 0.6 is 0 Å². The summed E-state index contributed by atoms with van der Waals surface area (Å²) in [5.74, 6) is 0.704. The molecule has 0 bridgehead atoms. The maximum Gasteiger partial charge on any atom is 0.130 e. The summed E-state index contributed by atoms with van der Waals surface area (Å²) in [6, 6.07) is 13.6. The molecule has 0 aliphatic carbocycles. The largest absolute Gasteiger partial charge is 0.516 e. The van der Waals surface area contributed by atoms with E-state index in [1.807, 2.05) is 42.5 Å². The van der Waals surface area contributed by atoms with Crippen molar-refractivity contribution in [3.05, 3.63) is 54.8 Å². The number of aromatic nitrogens is 3. The summed E-state index contributed by atoms with van der Waals surface area (Å²) in [6.45, 7) is 0.291. The fourth-order valence-electron chi connectivity index (χ4n) is 2.08. The van der Waals surface area contributed by atoms with Crippen molar-refractivity contribution in [1.82, 2.24) is 15.4 Å².